The van der Waals surface area contributed by atoms with Crippen LogP contribution >= 0.6 is 34.3 Å². The smallest absolute Gasteiger partial charge is 0.143 e. The van der Waals surface area contributed by atoms with Crippen molar-refractivity contribution in [2.75, 3.05) is 5.88 Å². The summed E-state index contributed by atoms with van der Waals surface area (Å²) < 4.78 is 0. The number of rotatable bonds is 4. The molecule has 0 unspecified atom stereocenters. The van der Waals surface area contributed by atoms with Gasteiger partial charge in [-0.1, -0.05) is 17.8 Å². The van der Waals surface area contributed by atoms with Crippen LogP contribution in [0.4, 0.5) is 0 Å². The van der Waals surface area contributed by atoms with Crippen LogP contribution < -0.4 is 0 Å². The largest absolute Gasteiger partial charge is 0.157 e. The third-order valence-electron chi connectivity index (χ3n) is 3.45. The molecule has 0 atom stereocenters. The highest BCUT2D eigenvalue weighted by Gasteiger charge is 2.15. The van der Waals surface area contributed by atoms with Crippen LogP contribution in [0.2, 0.25) is 0 Å². The van der Waals surface area contributed by atoms with E-state index in [1.54, 1.807) is 21.8 Å². The van der Waals surface area contributed by atoms with Gasteiger partial charge in [0.2, 0.25) is 0 Å². The highest BCUT2D eigenvalue weighted by atomic mass is 35.5. The van der Waals surface area contributed by atoms with Crippen molar-refractivity contribution in [3.63, 3.8) is 0 Å². The number of aryl methyl sites for hydroxylation is 3. The first-order valence-electron chi connectivity index (χ1n) is 6.87. The van der Waals surface area contributed by atoms with Crippen molar-refractivity contribution in [3.05, 3.63) is 21.5 Å². The van der Waals surface area contributed by atoms with Gasteiger partial charge in [-0.25, -0.2) is 0 Å². The Kier molecular flexibility index (Phi) is 4.51. The van der Waals surface area contributed by atoms with Crippen molar-refractivity contribution in [1.29, 1.82) is 0 Å². The van der Waals surface area contributed by atoms with Crippen molar-refractivity contribution in [2.45, 2.75) is 44.9 Å². The lowest BCUT2D eigenvalue weighted by atomic mass is 10.1. The summed E-state index contributed by atoms with van der Waals surface area (Å²) in [4.78, 5) is 2.88. The van der Waals surface area contributed by atoms with Crippen LogP contribution in [0.15, 0.2) is 6.07 Å². The number of fused-ring (bicyclic) bond motifs is 1. The van der Waals surface area contributed by atoms with E-state index in [2.05, 4.69) is 16.3 Å². The molecule has 2 nitrogen and oxygen atoms in total. The predicted molar refractivity (Wildman–Crippen MR) is 83.5 cm³/mol. The molecule has 0 fully saturated rings. The second-order valence-electron chi connectivity index (χ2n) is 4.91. The lowest BCUT2D eigenvalue weighted by Gasteiger charge is -1.92. The molecule has 3 rings (SSSR count). The molecule has 0 spiro atoms. The molecule has 1 aliphatic carbocycles. The average molecular weight is 313 g/mol. The first-order valence-corrected chi connectivity index (χ1v) is 9.04. The summed E-state index contributed by atoms with van der Waals surface area (Å²) in [7, 11) is 0. The Morgan fingerprint density at radius 1 is 1.11 bits per heavy atom. The maximum atomic E-state index is 5.72. The number of halogens is 1. The quantitative estimate of drug-likeness (QED) is 0.603. The van der Waals surface area contributed by atoms with E-state index in [1.165, 1.54) is 37.0 Å². The fourth-order valence-electron chi connectivity index (χ4n) is 2.45. The van der Waals surface area contributed by atoms with Gasteiger partial charge in [0, 0.05) is 17.2 Å². The molecule has 0 aromatic carbocycles. The zero-order chi connectivity index (χ0) is 13.1. The molecule has 0 N–H and O–H groups in total. The molecular formula is C14H17ClN2S2. The Morgan fingerprint density at radius 3 is 2.89 bits per heavy atom. The summed E-state index contributed by atoms with van der Waals surface area (Å²) in [6, 6.07) is 2.34. The number of hydrogen-bond acceptors (Lipinski definition) is 4. The van der Waals surface area contributed by atoms with Crippen LogP contribution in [0.3, 0.4) is 0 Å². The van der Waals surface area contributed by atoms with Crippen LogP contribution in [-0.2, 0) is 19.3 Å². The van der Waals surface area contributed by atoms with Gasteiger partial charge in [-0.3, -0.25) is 0 Å². The van der Waals surface area contributed by atoms with Gasteiger partial charge in [-0.05, 0) is 43.7 Å². The number of nitrogens with zero attached hydrogens (tertiary/aromatic N) is 2. The van der Waals surface area contributed by atoms with Gasteiger partial charge in [0.15, 0.2) is 5.01 Å². The van der Waals surface area contributed by atoms with E-state index in [0.29, 0.717) is 5.88 Å². The van der Waals surface area contributed by atoms with Gasteiger partial charge >= 0.3 is 0 Å². The van der Waals surface area contributed by atoms with Crippen LogP contribution in [0, 0.1) is 0 Å². The Balaban J connectivity index is 1.80. The summed E-state index contributed by atoms with van der Waals surface area (Å²) in [5, 5.41) is 10.8. The molecule has 5 heteroatoms. The number of thiophene rings is 1. The van der Waals surface area contributed by atoms with Crippen molar-refractivity contribution in [2.24, 2.45) is 0 Å². The third kappa shape index (κ3) is 3.18. The van der Waals surface area contributed by atoms with Crippen LogP contribution in [-0.4, -0.2) is 16.1 Å². The highest BCUT2D eigenvalue weighted by molar-refractivity contribution is 7.21. The molecule has 0 saturated carbocycles. The number of aromatic nitrogens is 2. The molecule has 0 aliphatic heterocycles. The molecule has 2 aromatic heterocycles. The minimum Gasteiger partial charge on any atom is -0.143 e. The average Bonchev–Trinajstić information content (AvgIpc) is 2.99. The Morgan fingerprint density at radius 2 is 2.00 bits per heavy atom. The normalized spacial score (nSPS) is 15.2. The minimum atomic E-state index is 0.697. The summed E-state index contributed by atoms with van der Waals surface area (Å²) in [6.45, 7) is 0. The Bertz CT molecular complexity index is 524. The number of alkyl halides is 1. The molecule has 0 bridgehead atoms. The molecule has 0 amide bonds. The molecule has 2 aromatic rings. The zero-order valence-corrected chi connectivity index (χ0v) is 13.2. The summed E-state index contributed by atoms with van der Waals surface area (Å²) >= 11 is 9.36. The standard InChI is InChI=1S/C14H17ClN2S2/c15-8-4-7-13-16-17-14(19-13)12-9-10-5-2-1-3-6-11(10)18-12/h9H,1-8H2. The first-order chi connectivity index (χ1) is 9.36. The van der Waals surface area contributed by atoms with E-state index in [4.69, 9.17) is 11.6 Å². The fourth-order valence-corrected chi connectivity index (χ4v) is 4.75. The Labute approximate surface area is 126 Å². The molecule has 0 radical (unpaired) electrons. The van der Waals surface area contributed by atoms with Crippen LogP contribution in [0.25, 0.3) is 9.88 Å². The maximum absolute atomic E-state index is 5.72. The molecule has 2 heterocycles. The maximum Gasteiger partial charge on any atom is 0.157 e. The van der Waals surface area contributed by atoms with Gasteiger partial charge in [-0.15, -0.1) is 33.1 Å². The van der Waals surface area contributed by atoms with Crippen LogP contribution in [0.1, 0.15) is 41.1 Å². The minimum absolute atomic E-state index is 0.697. The fraction of sp³-hybridized carbons (Fsp3) is 0.571. The van der Waals surface area contributed by atoms with Crippen molar-refractivity contribution < 1.29 is 0 Å². The van der Waals surface area contributed by atoms with E-state index in [-0.39, 0.29) is 0 Å². The molecular weight excluding hydrogens is 296 g/mol. The van der Waals surface area contributed by atoms with Gasteiger partial charge in [0.05, 0.1) is 4.88 Å². The topological polar surface area (TPSA) is 25.8 Å². The van der Waals surface area contributed by atoms with E-state index in [9.17, 15) is 0 Å². The highest BCUT2D eigenvalue weighted by Crippen LogP contribution is 2.36. The SMILES string of the molecule is ClCCCc1nnc(-c2cc3c(s2)CCCCC3)s1. The lowest BCUT2D eigenvalue weighted by Crippen LogP contribution is -1.84. The van der Waals surface area contributed by atoms with E-state index in [0.717, 1.165) is 22.9 Å². The number of hydrogen-bond donors (Lipinski definition) is 0. The van der Waals surface area contributed by atoms with Crippen LogP contribution in [0.5, 0.6) is 0 Å². The lowest BCUT2D eigenvalue weighted by molar-refractivity contribution is 0.713. The van der Waals surface area contributed by atoms with Gasteiger partial charge in [0.25, 0.3) is 0 Å². The zero-order valence-electron chi connectivity index (χ0n) is 10.8. The third-order valence-corrected chi connectivity index (χ3v) is 6.11. The van der Waals surface area contributed by atoms with Gasteiger partial charge in [0.1, 0.15) is 5.01 Å². The summed E-state index contributed by atoms with van der Waals surface area (Å²) in [5.41, 5.74) is 1.55. The molecule has 1 aliphatic rings. The van der Waals surface area contributed by atoms with E-state index >= 15 is 0 Å². The van der Waals surface area contributed by atoms with Crippen molar-refractivity contribution in [3.8, 4) is 9.88 Å². The predicted octanol–water partition coefficient (Wildman–Crippen LogP) is 4.71. The first kappa shape index (κ1) is 13.5. The Hall–Kier alpha value is -0.450. The van der Waals surface area contributed by atoms with Crippen molar-refractivity contribution in [1.82, 2.24) is 10.2 Å². The summed E-state index contributed by atoms with van der Waals surface area (Å²) in [5.74, 6) is 0.697. The molecule has 102 valence electrons. The molecule has 0 saturated heterocycles. The van der Waals surface area contributed by atoms with E-state index in [1.807, 2.05) is 11.3 Å². The van der Waals surface area contributed by atoms with Gasteiger partial charge < -0.3 is 0 Å². The summed E-state index contributed by atoms with van der Waals surface area (Å²) in [6.07, 6.45) is 8.47. The molecule has 19 heavy (non-hydrogen) atoms. The monoisotopic (exact) mass is 312 g/mol. The van der Waals surface area contributed by atoms with E-state index < -0.39 is 0 Å². The van der Waals surface area contributed by atoms with Gasteiger partial charge in [-0.2, -0.15) is 0 Å². The second kappa shape index (κ2) is 6.33. The van der Waals surface area contributed by atoms with Crippen molar-refractivity contribution >= 4 is 34.3 Å². The second-order valence-corrected chi connectivity index (χ2v) is 7.49.